The van der Waals surface area contributed by atoms with Gasteiger partial charge in [0.2, 0.25) is 10.0 Å². The molecule has 1 aliphatic heterocycles. The molecule has 6 heteroatoms. The number of rotatable bonds is 3. The molecule has 4 nitrogen and oxygen atoms in total. The van der Waals surface area contributed by atoms with E-state index in [0.717, 1.165) is 13.0 Å². The van der Waals surface area contributed by atoms with Gasteiger partial charge in [0, 0.05) is 24.7 Å². The minimum absolute atomic E-state index is 0.0216. The Morgan fingerprint density at radius 3 is 2.78 bits per heavy atom. The third-order valence-electron chi connectivity index (χ3n) is 3.42. The Morgan fingerprint density at radius 2 is 2.17 bits per heavy atom. The maximum absolute atomic E-state index is 12.5. The molecule has 0 aromatic heterocycles. The van der Waals surface area contributed by atoms with E-state index < -0.39 is 10.0 Å². The Balaban J connectivity index is 2.38. The molecule has 18 heavy (non-hydrogen) atoms. The van der Waals surface area contributed by atoms with Crippen LogP contribution in [0.15, 0.2) is 23.1 Å². The Kier molecular flexibility index (Phi) is 3.96. The summed E-state index contributed by atoms with van der Waals surface area (Å²) in [5.74, 6) is 0. The fourth-order valence-electron chi connectivity index (χ4n) is 2.17. The van der Waals surface area contributed by atoms with Gasteiger partial charge in [-0.3, -0.25) is 0 Å². The molecule has 0 radical (unpaired) electrons. The summed E-state index contributed by atoms with van der Waals surface area (Å²) in [4.78, 5) is 0.296. The number of hydrogen-bond donors (Lipinski definition) is 1. The lowest BCUT2D eigenvalue weighted by atomic mass is 10.2. The van der Waals surface area contributed by atoms with Crippen molar-refractivity contribution in [1.29, 1.82) is 0 Å². The number of nitrogens with one attached hydrogen (secondary N) is 1. The van der Waals surface area contributed by atoms with Crippen molar-refractivity contribution in [2.75, 3.05) is 20.1 Å². The van der Waals surface area contributed by atoms with Gasteiger partial charge < -0.3 is 5.32 Å². The highest BCUT2D eigenvalue weighted by Crippen LogP contribution is 2.26. The van der Waals surface area contributed by atoms with Crippen molar-refractivity contribution in [1.82, 2.24) is 9.62 Å². The highest BCUT2D eigenvalue weighted by atomic mass is 35.5. The number of hydrogen-bond acceptors (Lipinski definition) is 3. The van der Waals surface area contributed by atoms with Gasteiger partial charge in [-0.05, 0) is 37.6 Å². The van der Waals surface area contributed by atoms with Crippen molar-refractivity contribution in [3.05, 3.63) is 28.8 Å². The van der Waals surface area contributed by atoms with Crippen LogP contribution in [0.25, 0.3) is 0 Å². The molecule has 1 unspecified atom stereocenters. The van der Waals surface area contributed by atoms with E-state index in [0.29, 0.717) is 22.0 Å². The zero-order valence-corrected chi connectivity index (χ0v) is 12.1. The van der Waals surface area contributed by atoms with Gasteiger partial charge in [0.25, 0.3) is 0 Å². The fourth-order valence-corrected chi connectivity index (χ4v) is 4.03. The lowest BCUT2D eigenvalue weighted by Gasteiger charge is -2.24. The second kappa shape index (κ2) is 5.17. The molecule has 1 heterocycles. The molecule has 0 bridgehead atoms. The van der Waals surface area contributed by atoms with E-state index >= 15 is 0 Å². The SMILES string of the molecule is Cc1c(Cl)cccc1S(=O)(=O)N(C)C1CCNC1. The molecule has 1 saturated heterocycles. The van der Waals surface area contributed by atoms with E-state index in [4.69, 9.17) is 11.6 Å². The molecule has 1 aromatic rings. The predicted octanol–water partition coefficient (Wildman–Crippen LogP) is 1.63. The van der Waals surface area contributed by atoms with E-state index in [9.17, 15) is 8.42 Å². The van der Waals surface area contributed by atoms with Crippen molar-refractivity contribution < 1.29 is 8.42 Å². The molecule has 1 fully saturated rings. The van der Waals surface area contributed by atoms with Gasteiger partial charge in [-0.1, -0.05) is 17.7 Å². The average molecular weight is 289 g/mol. The highest BCUT2D eigenvalue weighted by molar-refractivity contribution is 7.89. The fraction of sp³-hybridized carbons (Fsp3) is 0.500. The average Bonchev–Trinajstić information content (AvgIpc) is 2.85. The van der Waals surface area contributed by atoms with Crippen LogP contribution in [0.1, 0.15) is 12.0 Å². The summed E-state index contributed by atoms with van der Waals surface area (Å²) in [7, 11) is -1.83. The van der Waals surface area contributed by atoms with Crippen LogP contribution < -0.4 is 5.32 Å². The van der Waals surface area contributed by atoms with Crippen LogP contribution >= 0.6 is 11.6 Å². The minimum atomic E-state index is -3.47. The zero-order valence-electron chi connectivity index (χ0n) is 10.5. The van der Waals surface area contributed by atoms with Crippen LogP contribution in [0.3, 0.4) is 0 Å². The number of nitrogens with zero attached hydrogens (tertiary/aromatic N) is 1. The van der Waals surface area contributed by atoms with Crippen LogP contribution in [0.4, 0.5) is 0 Å². The summed E-state index contributed by atoms with van der Waals surface area (Å²) in [6.07, 6.45) is 0.843. The van der Waals surface area contributed by atoms with Crippen LogP contribution in [0, 0.1) is 6.92 Å². The van der Waals surface area contributed by atoms with Crippen molar-refractivity contribution in [3.8, 4) is 0 Å². The topological polar surface area (TPSA) is 49.4 Å². The molecule has 0 amide bonds. The standard InChI is InChI=1S/C12H17ClN2O2S/c1-9-11(13)4-3-5-12(9)18(16,17)15(2)10-6-7-14-8-10/h3-5,10,14H,6-8H2,1-2H3. The van der Waals surface area contributed by atoms with E-state index in [-0.39, 0.29) is 6.04 Å². The Hall–Kier alpha value is -0.620. The first-order valence-corrected chi connectivity index (χ1v) is 7.70. The van der Waals surface area contributed by atoms with E-state index in [1.54, 1.807) is 32.2 Å². The van der Waals surface area contributed by atoms with Crippen molar-refractivity contribution >= 4 is 21.6 Å². The van der Waals surface area contributed by atoms with Gasteiger partial charge in [0.05, 0.1) is 4.90 Å². The molecule has 1 N–H and O–H groups in total. The molecule has 0 saturated carbocycles. The smallest absolute Gasteiger partial charge is 0.243 e. The number of likely N-dealkylation sites (N-methyl/N-ethyl adjacent to an activating group) is 1. The first-order chi connectivity index (χ1) is 8.44. The lowest BCUT2D eigenvalue weighted by molar-refractivity contribution is 0.387. The molecular formula is C12H17ClN2O2S. The summed E-state index contributed by atoms with van der Waals surface area (Å²) in [5.41, 5.74) is 0.608. The molecule has 2 rings (SSSR count). The molecule has 1 aliphatic rings. The van der Waals surface area contributed by atoms with Gasteiger partial charge in [0.1, 0.15) is 0 Å². The maximum Gasteiger partial charge on any atom is 0.243 e. The molecule has 1 aromatic carbocycles. The third kappa shape index (κ3) is 2.40. The van der Waals surface area contributed by atoms with Crippen molar-refractivity contribution in [2.45, 2.75) is 24.3 Å². The van der Waals surface area contributed by atoms with Crippen LogP contribution in [-0.4, -0.2) is 38.9 Å². The van der Waals surface area contributed by atoms with Gasteiger partial charge >= 0.3 is 0 Å². The molecule has 0 aliphatic carbocycles. The number of benzene rings is 1. The molecular weight excluding hydrogens is 272 g/mol. The van der Waals surface area contributed by atoms with Crippen LogP contribution in [0.5, 0.6) is 0 Å². The Bertz CT molecular complexity index is 539. The summed E-state index contributed by atoms with van der Waals surface area (Å²) in [5, 5.41) is 3.65. The monoisotopic (exact) mass is 288 g/mol. The summed E-state index contributed by atoms with van der Waals surface area (Å²) in [6.45, 7) is 3.30. The number of halogens is 1. The summed E-state index contributed by atoms with van der Waals surface area (Å²) in [6, 6.07) is 5.00. The second-order valence-electron chi connectivity index (χ2n) is 4.53. The summed E-state index contributed by atoms with van der Waals surface area (Å²) >= 11 is 5.99. The largest absolute Gasteiger partial charge is 0.315 e. The Labute approximate surface area is 113 Å². The summed E-state index contributed by atoms with van der Waals surface area (Å²) < 4.78 is 26.5. The van der Waals surface area contributed by atoms with E-state index in [2.05, 4.69) is 5.32 Å². The van der Waals surface area contributed by atoms with Gasteiger partial charge in [-0.25, -0.2) is 8.42 Å². The van der Waals surface area contributed by atoms with Crippen LogP contribution in [0.2, 0.25) is 5.02 Å². The predicted molar refractivity (Wildman–Crippen MR) is 72.4 cm³/mol. The Morgan fingerprint density at radius 1 is 1.44 bits per heavy atom. The van der Waals surface area contributed by atoms with E-state index in [1.165, 1.54) is 4.31 Å². The third-order valence-corrected chi connectivity index (χ3v) is 5.89. The molecule has 1 atom stereocenters. The number of sulfonamides is 1. The second-order valence-corrected chi connectivity index (χ2v) is 6.90. The molecule has 100 valence electrons. The van der Waals surface area contributed by atoms with Gasteiger partial charge in [-0.15, -0.1) is 0 Å². The first kappa shape index (κ1) is 13.8. The van der Waals surface area contributed by atoms with E-state index in [1.807, 2.05) is 0 Å². The molecule has 0 spiro atoms. The van der Waals surface area contributed by atoms with Gasteiger partial charge in [-0.2, -0.15) is 4.31 Å². The minimum Gasteiger partial charge on any atom is -0.315 e. The maximum atomic E-state index is 12.5. The highest BCUT2D eigenvalue weighted by Gasteiger charge is 2.31. The lowest BCUT2D eigenvalue weighted by Crippen LogP contribution is -2.38. The van der Waals surface area contributed by atoms with Crippen molar-refractivity contribution in [3.63, 3.8) is 0 Å². The zero-order chi connectivity index (χ0) is 13.3. The normalized spacial score (nSPS) is 20.6. The van der Waals surface area contributed by atoms with Crippen molar-refractivity contribution in [2.24, 2.45) is 0 Å². The van der Waals surface area contributed by atoms with Crippen LogP contribution in [-0.2, 0) is 10.0 Å². The first-order valence-electron chi connectivity index (χ1n) is 5.88. The quantitative estimate of drug-likeness (QED) is 0.920. The van der Waals surface area contributed by atoms with Gasteiger partial charge in [0.15, 0.2) is 0 Å².